The number of aromatic amines is 1. The maximum Gasteiger partial charge on any atom is 0.233 e. The molecule has 1 N–H and O–H groups in total. The quantitative estimate of drug-likeness (QED) is 0.658. The third kappa shape index (κ3) is 3.88. The summed E-state index contributed by atoms with van der Waals surface area (Å²) in [5.74, 6) is 1.35. The zero-order chi connectivity index (χ0) is 22.0. The van der Waals surface area contributed by atoms with Crippen LogP contribution in [-0.4, -0.2) is 54.4 Å². The van der Waals surface area contributed by atoms with Crippen LogP contribution < -0.4 is 4.74 Å². The number of rotatable bonds is 5. The van der Waals surface area contributed by atoms with Crippen molar-refractivity contribution in [3.63, 3.8) is 0 Å². The van der Waals surface area contributed by atoms with Crippen LogP contribution in [0.2, 0.25) is 0 Å². The van der Waals surface area contributed by atoms with Crippen molar-refractivity contribution in [3.8, 4) is 5.75 Å². The van der Waals surface area contributed by atoms with Gasteiger partial charge in [0.2, 0.25) is 5.91 Å². The number of H-pyrrole nitrogens is 1. The lowest BCUT2D eigenvalue weighted by molar-refractivity contribution is -0.137. The van der Waals surface area contributed by atoms with Gasteiger partial charge in [-0.1, -0.05) is 37.1 Å². The van der Waals surface area contributed by atoms with E-state index < -0.39 is 5.41 Å². The van der Waals surface area contributed by atoms with E-state index in [0.717, 1.165) is 60.9 Å². The van der Waals surface area contributed by atoms with Crippen molar-refractivity contribution in [1.82, 2.24) is 15.1 Å². The summed E-state index contributed by atoms with van der Waals surface area (Å²) in [6.45, 7) is 2.65. The van der Waals surface area contributed by atoms with Crippen molar-refractivity contribution in [2.24, 2.45) is 5.92 Å². The molecule has 0 unspecified atom stereocenters. The van der Waals surface area contributed by atoms with E-state index in [1.54, 1.807) is 7.11 Å². The van der Waals surface area contributed by atoms with Gasteiger partial charge in [-0.05, 0) is 48.6 Å². The van der Waals surface area contributed by atoms with Crippen LogP contribution in [-0.2, 0) is 21.4 Å². The zero-order valence-electron chi connectivity index (χ0n) is 18.7. The standard InChI is InChI=1S/C26H31N3O3/c1-31-22-9-7-21(8-10-22)26(11-2-3-12-26)25(30)29-13-14-32-18-19(17-29)15-20-5-4-6-24-23(20)16-27-28-24/h4-10,16,19H,2-3,11-15,17-18H2,1H3,(H,27,28)/t19-/m1/s1. The minimum atomic E-state index is -0.425. The summed E-state index contributed by atoms with van der Waals surface area (Å²) in [6.07, 6.45) is 6.77. The highest BCUT2D eigenvalue weighted by molar-refractivity contribution is 5.89. The van der Waals surface area contributed by atoms with Crippen LogP contribution in [0.3, 0.4) is 0 Å². The molecule has 0 bridgehead atoms. The van der Waals surface area contributed by atoms with Crippen molar-refractivity contribution in [2.45, 2.75) is 37.5 Å². The van der Waals surface area contributed by atoms with E-state index in [-0.39, 0.29) is 11.8 Å². The Bertz CT molecular complexity index is 1070. The summed E-state index contributed by atoms with van der Waals surface area (Å²) in [5.41, 5.74) is 3.00. The Balaban J connectivity index is 1.38. The van der Waals surface area contributed by atoms with E-state index in [2.05, 4.69) is 39.4 Å². The number of hydrogen-bond acceptors (Lipinski definition) is 4. The van der Waals surface area contributed by atoms with Gasteiger partial charge in [0.05, 0.1) is 37.5 Å². The topological polar surface area (TPSA) is 67.4 Å². The Kier molecular flexibility index (Phi) is 5.87. The van der Waals surface area contributed by atoms with Crippen molar-refractivity contribution < 1.29 is 14.3 Å². The molecule has 1 saturated heterocycles. The van der Waals surface area contributed by atoms with E-state index in [1.807, 2.05) is 24.4 Å². The summed E-state index contributed by atoms with van der Waals surface area (Å²) >= 11 is 0. The van der Waals surface area contributed by atoms with E-state index in [4.69, 9.17) is 9.47 Å². The van der Waals surface area contributed by atoms with E-state index in [0.29, 0.717) is 19.8 Å². The number of carbonyl (C=O) groups is 1. The molecule has 1 atom stereocenters. The molecule has 1 aliphatic heterocycles. The highest BCUT2D eigenvalue weighted by Gasteiger charge is 2.45. The van der Waals surface area contributed by atoms with Gasteiger partial charge in [-0.2, -0.15) is 5.10 Å². The molecule has 3 aromatic rings. The maximum atomic E-state index is 14.0. The molecule has 5 rings (SSSR count). The average Bonchev–Trinajstić information content (AvgIpc) is 3.46. The number of benzene rings is 2. The molecule has 1 amide bonds. The molecular weight excluding hydrogens is 402 g/mol. The lowest BCUT2D eigenvalue weighted by Gasteiger charge is -2.35. The molecule has 2 aromatic carbocycles. The van der Waals surface area contributed by atoms with Gasteiger partial charge >= 0.3 is 0 Å². The van der Waals surface area contributed by atoms with Crippen molar-refractivity contribution in [1.29, 1.82) is 0 Å². The third-order valence-electron chi connectivity index (χ3n) is 7.22. The second-order valence-corrected chi connectivity index (χ2v) is 9.16. The molecular formula is C26H31N3O3. The second-order valence-electron chi connectivity index (χ2n) is 9.16. The molecule has 32 heavy (non-hydrogen) atoms. The first kappa shape index (κ1) is 21.0. The summed E-state index contributed by atoms with van der Waals surface area (Å²) in [5, 5.41) is 8.40. The lowest BCUT2D eigenvalue weighted by Crippen LogP contribution is -2.47. The lowest BCUT2D eigenvalue weighted by atomic mass is 9.77. The second kappa shape index (κ2) is 8.94. The maximum absolute atomic E-state index is 14.0. The molecule has 6 heteroatoms. The molecule has 2 heterocycles. The van der Waals surface area contributed by atoms with Gasteiger partial charge in [-0.3, -0.25) is 9.89 Å². The number of amides is 1. The minimum absolute atomic E-state index is 0.260. The van der Waals surface area contributed by atoms with Crippen LogP contribution in [0, 0.1) is 5.92 Å². The van der Waals surface area contributed by atoms with Gasteiger partial charge in [0.15, 0.2) is 0 Å². The predicted molar refractivity (Wildman–Crippen MR) is 124 cm³/mol. The largest absolute Gasteiger partial charge is 0.497 e. The Morgan fingerprint density at radius 2 is 2.03 bits per heavy atom. The van der Waals surface area contributed by atoms with Crippen LogP contribution in [0.25, 0.3) is 10.9 Å². The van der Waals surface area contributed by atoms with Crippen molar-refractivity contribution in [3.05, 3.63) is 59.8 Å². The zero-order valence-corrected chi connectivity index (χ0v) is 18.7. The van der Waals surface area contributed by atoms with Crippen LogP contribution in [0.1, 0.15) is 36.8 Å². The van der Waals surface area contributed by atoms with Crippen LogP contribution in [0.4, 0.5) is 0 Å². The normalized spacial score (nSPS) is 20.9. The van der Waals surface area contributed by atoms with Gasteiger partial charge in [0.25, 0.3) is 0 Å². The number of ether oxygens (including phenoxy) is 2. The third-order valence-corrected chi connectivity index (χ3v) is 7.22. The predicted octanol–water partition coefficient (Wildman–Crippen LogP) is 4.10. The number of hydrogen-bond donors (Lipinski definition) is 1. The highest BCUT2D eigenvalue weighted by atomic mass is 16.5. The number of aromatic nitrogens is 2. The van der Waals surface area contributed by atoms with Crippen molar-refractivity contribution in [2.75, 3.05) is 33.4 Å². The Morgan fingerprint density at radius 1 is 1.22 bits per heavy atom. The van der Waals surface area contributed by atoms with Gasteiger partial charge in [0.1, 0.15) is 5.75 Å². The average molecular weight is 434 g/mol. The molecule has 1 aliphatic carbocycles. The number of nitrogens with one attached hydrogen (secondary N) is 1. The smallest absolute Gasteiger partial charge is 0.233 e. The molecule has 168 valence electrons. The van der Waals surface area contributed by atoms with Gasteiger partial charge < -0.3 is 14.4 Å². The van der Waals surface area contributed by atoms with E-state index in [1.165, 1.54) is 5.56 Å². The SMILES string of the molecule is COc1ccc(C2(C(=O)N3CCOC[C@H](Cc4cccc5[nH]ncc45)C3)CCCC2)cc1. The minimum Gasteiger partial charge on any atom is -0.497 e. The summed E-state index contributed by atoms with van der Waals surface area (Å²) in [6, 6.07) is 14.4. The number of methoxy groups -OCH3 is 1. The van der Waals surface area contributed by atoms with Crippen LogP contribution in [0.5, 0.6) is 5.75 Å². The van der Waals surface area contributed by atoms with Gasteiger partial charge in [-0.15, -0.1) is 0 Å². The first-order valence-corrected chi connectivity index (χ1v) is 11.6. The Hall–Kier alpha value is -2.86. The van der Waals surface area contributed by atoms with Gasteiger partial charge in [0, 0.05) is 24.4 Å². The number of nitrogens with zero attached hydrogens (tertiary/aromatic N) is 2. The van der Waals surface area contributed by atoms with E-state index in [9.17, 15) is 4.79 Å². The monoisotopic (exact) mass is 433 g/mol. The molecule has 2 aliphatic rings. The molecule has 1 saturated carbocycles. The summed E-state index contributed by atoms with van der Waals surface area (Å²) in [4.78, 5) is 16.1. The summed E-state index contributed by atoms with van der Waals surface area (Å²) in [7, 11) is 1.67. The Morgan fingerprint density at radius 3 is 2.81 bits per heavy atom. The molecule has 6 nitrogen and oxygen atoms in total. The molecule has 2 fully saturated rings. The van der Waals surface area contributed by atoms with Crippen molar-refractivity contribution >= 4 is 16.8 Å². The first-order valence-electron chi connectivity index (χ1n) is 11.6. The summed E-state index contributed by atoms with van der Waals surface area (Å²) < 4.78 is 11.3. The van der Waals surface area contributed by atoms with Gasteiger partial charge in [-0.25, -0.2) is 0 Å². The van der Waals surface area contributed by atoms with E-state index >= 15 is 0 Å². The first-order chi connectivity index (χ1) is 15.7. The Labute approximate surface area is 188 Å². The molecule has 1 aromatic heterocycles. The molecule has 0 radical (unpaired) electrons. The highest BCUT2D eigenvalue weighted by Crippen LogP contribution is 2.43. The fourth-order valence-corrected chi connectivity index (χ4v) is 5.52. The fourth-order valence-electron chi connectivity index (χ4n) is 5.52. The van der Waals surface area contributed by atoms with Crippen LogP contribution in [0.15, 0.2) is 48.7 Å². The fraction of sp³-hybridized carbons (Fsp3) is 0.462. The van der Waals surface area contributed by atoms with Crippen LogP contribution >= 0.6 is 0 Å². The number of fused-ring (bicyclic) bond motifs is 1. The number of carbonyl (C=O) groups excluding carboxylic acids is 1. The molecule has 0 spiro atoms.